The Bertz CT molecular complexity index is 1270. The van der Waals surface area contributed by atoms with E-state index in [2.05, 4.69) is 30.6 Å². The van der Waals surface area contributed by atoms with Crippen LogP contribution in [-0.2, 0) is 14.8 Å². The lowest BCUT2D eigenvalue weighted by atomic mass is 9.92. The summed E-state index contributed by atoms with van der Waals surface area (Å²) >= 11 is 0. The lowest BCUT2D eigenvalue weighted by Gasteiger charge is -2.36. The molecular weight excluding hydrogens is 440 g/mol. The minimum atomic E-state index is -3.26. The predicted octanol–water partition coefficient (Wildman–Crippen LogP) is 2.26. The normalized spacial score (nSPS) is 20.6. The molecule has 33 heavy (non-hydrogen) atoms. The second-order valence-electron chi connectivity index (χ2n) is 9.29. The van der Waals surface area contributed by atoms with Crippen LogP contribution in [0.2, 0.25) is 0 Å². The molecule has 0 spiro atoms. The first-order valence-electron chi connectivity index (χ1n) is 11.6. The van der Waals surface area contributed by atoms with Crippen LogP contribution in [0.15, 0.2) is 30.7 Å². The molecule has 10 heteroatoms. The summed E-state index contributed by atoms with van der Waals surface area (Å²) in [4.78, 5) is 29.3. The monoisotopic (exact) mass is 470 g/mol. The molecule has 5 heterocycles. The Kier molecular flexibility index (Phi) is 5.96. The van der Waals surface area contributed by atoms with Crippen LogP contribution >= 0.6 is 0 Å². The van der Waals surface area contributed by atoms with Gasteiger partial charge in [0.05, 0.1) is 18.0 Å². The predicted molar refractivity (Wildman–Crippen MR) is 129 cm³/mol. The van der Waals surface area contributed by atoms with Crippen molar-refractivity contribution in [3.63, 3.8) is 0 Å². The first-order valence-corrected chi connectivity index (χ1v) is 13.5. The molecule has 2 saturated heterocycles. The summed E-state index contributed by atoms with van der Waals surface area (Å²) in [5.74, 6) is 0.488. The Morgan fingerprint density at radius 3 is 2.79 bits per heavy atom. The molecule has 1 amide bonds. The molecule has 9 nitrogen and oxygen atoms in total. The zero-order valence-corrected chi connectivity index (χ0v) is 19.6. The Morgan fingerprint density at radius 1 is 1.18 bits per heavy atom. The van der Waals surface area contributed by atoms with E-state index in [9.17, 15) is 13.2 Å². The number of amides is 1. The van der Waals surface area contributed by atoms with E-state index >= 15 is 0 Å². The maximum absolute atomic E-state index is 12.9. The number of aromatic nitrogens is 3. The number of H-pyrrole nitrogens is 1. The SMILES string of the molecule is CS(=O)(=O)NC1CCCN(C(=O)CC2CCN(c3ccnc4cnc5[nH]ccc5c34)CC2)C1. The molecule has 3 aromatic heterocycles. The van der Waals surface area contributed by atoms with Gasteiger partial charge in [-0.05, 0) is 43.7 Å². The van der Waals surface area contributed by atoms with E-state index in [4.69, 9.17) is 0 Å². The first-order chi connectivity index (χ1) is 15.9. The van der Waals surface area contributed by atoms with Crippen molar-refractivity contribution in [3.8, 4) is 0 Å². The maximum atomic E-state index is 12.9. The fraction of sp³-hybridized carbons (Fsp3) is 0.522. The third-order valence-corrected chi connectivity index (χ3v) is 7.60. The highest BCUT2D eigenvalue weighted by Gasteiger charge is 2.29. The number of aromatic amines is 1. The number of hydrogen-bond donors (Lipinski definition) is 2. The Labute approximate surface area is 193 Å². The number of nitrogens with one attached hydrogen (secondary N) is 2. The largest absolute Gasteiger partial charge is 0.371 e. The number of carbonyl (C=O) groups is 1. The van der Waals surface area contributed by atoms with Crippen LogP contribution in [0.3, 0.4) is 0 Å². The molecule has 1 atom stereocenters. The summed E-state index contributed by atoms with van der Waals surface area (Å²) in [7, 11) is -3.26. The number of sulfonamides is 1. The second kappa shape index (κ2) is 8.90. The molecule has 2 fully saturated rings. The van der Waals surface area contributed by atoms with Crippen molar-refractivity contribution in [2.24, 2.45) is 5.92 Å². The van der Waals surface area contributed by atoms with Crippen LogP contribution in [0, 0.1) is 5.92 Å². The standard InChI is InChI=1S/C23H30N6O3S/c1-33(31,32)27-17-3-2-10-29(15-17)21(30)13-16-6-11-28(12-7-16)20-5-9-24-19-14-26-23-18(22(19)20)4-8-25-23/h4-5,8-9,14,16-17,27H,2-3,6-7,10-13,15H2,1H3,(H,25,26). The highest BCUT2D eigenvalue weighted by molar-refractivity contribution is 7.88. The highest BCUT2D eigenvalue weighted by atomic mass is 32.2. The highest BCUT2D eigenvalue weighted by Crippen LogP contribution is 2.34. The maximum Gasteiger partial charge on any atom is 0.222 e. The molecule has 1 unspecified atom stereocenters. The summed E-state index contributed by atoms with van der Waals surface area (Å²) in [5, 5.41) is 2.20. The second-order valence-corrected chi connectivity index (χ2v) is 11.1. The minimum Gasteiger partial charge on any atom is -0.371 e. The summed E-state index contributed by atoms with van der Waals surface area (Å²) < 4.78 is 25.8. The molecule has 0 radical (unpaired) electrons. The molecule has 0 saturated carbocycles. The molecule has 5 rings (SSSR count). The minimum absolute atomic E-state index is 0.142. The molecule has 176 valence electrons. The van der Waals surface area contributed by atoms with Crippen LogP contribution < -0.4 is 9.62 Å². The van der Waals surface area contributed by atoms with Gasteiger partial charge in [-0.25, -0.2) is 18.1 Å². The smallest absolute Gasteiger partial charge is 0.222 e. The topological polar surface area (TPSA) is 111 Å². The van der Waals surface area contributed by atoms with Gasteiger partial charge in [0.15, 0.2) is 0 Å². The van der Waals surface area contributed by atoms with Crippen molar-refractivity contribution in [1.82, 2.24) is 24.6 Å². The molecular formula is C23H30N6O3S. The van der Waals surface area contributed by atoms with Gasteiger partial charge in [-0.2, -0.15) is 0 Å². The van der Waals surface area contributed by atoms with E-state index < -0.39 is 10.0 Å². The molecule has 2 N–H and O–H groups in total. The van der Waals surface area contributed by atoms with E-state index in [-0.39, 0.29) is 11.9 Å². The molecule has 0 aliphatic carbocycles. The van der Waals surface area contributed by atoms with Crippen molar-refractivity contribution in [1.29, 1.82) is 0 Å². The average molecular weight is 471 g/mol. The summed E-state index contributed by atoms with van der Waals surface area (Å²) in [6, 6.07) is 3.94. The van der Waals surface area contributed by atoms with Crippen molar-refractivity contribution < 1.29 is 13.2 Å². The Morgan fingerprint density at radius 2 is 2.00 bits per heavy atom. The molecule has 0 aromatic carbocycles. The van der Waals surface area contributed by atoms with Gasteiger partial charge in [0, 0.05) is 67.5 Å². The lowest BCUT2D eigenvalue weighted by Crippen LogP contribution is -2.49. The van der Waals surface area contributed by atoms with Crippen LogP contribution in [0.25, 0.3) is 21.9 Å². The number of nitrogens with zero attached hydrogens (tertiary/aromatic N) is 4. The van der Waals surface area contributed by atoms with E-state index in [1.807, 2.05) is 29.6 Å². The summed E-state index contributed by atoms with van der Waals surface area (Å²) in [5.41, 5.74) is 2.92. The van der Waals surface area contributed by atoms with E-state index in [1.54, 1.807) is 0 Å². The lowest BCUT2D eigenvalue weighted by molar-refractivity contribution is -0.133. The number of pyridine rings is 2. The summed E-state index contributed by atoms with van der Waals surface area (Å²) in [6.07, 6.45) is 10.8. The van der Waals surface area contributed by atoms with Crippen LogP contribution in [-0.4, -0.2) is 72.7 Å². The quantitative estimate of drug-likeness (QED) is 0.592. The third kappa shape index (κ3) is 4.81. The van der Waals surface area contributed by atoms with Gasteiger partial charge < -0.3 is 14.8 Å². The number of likely N-dealkylation sites (tertiary alicyclic amines) is 1. The van der Waals surface area contributed by atoms with Gasteiger partial charge >= 0.3 is 0 Å². The Balaban J connectivity index is 1.22. The number of hydrogen-bond acceptors (Lipinski definition) is 6. The number of fused-ring (bicyclic) bond motifs is 3. The van der Waals surface area contributed by atoms with Gasteiger partial charge in [0.2, 0.25) is 15.9 Å². The van der Waals surface area contributed by atoms with Gasteiger partial charge in [-0.15, -0.1) is 0 Å². The van der Waals surface area contributed by atoms with E-state index in [0.29, 0.717) is 25.4 Å². The van der Waals surface area contributed by atoms with Gasteiger partial charge in [0.25, 0.3) is 0 Å². The molecule has 2 aliphatic rings. The summed E-state index contributed by atoms with van der Waals surface area (Å²) in [6.45, 7) is 2.96. The molecule has 3 aromatic rings. The van der Waals surface area contributed by atoms with Crippen molar-refractivity contribution >= 4 is 43.6 Å². The number of rotatable bonds is 5. The number of piperidine rings is 2. The van der Waals surface area contributed by atoms with Crippen LogP contribution in [0.5, 0.6) is 0 Å². The zero-order valence-electron chi connectivity index (χ0n) is 18.8. The van der Waals surface area contributed by atoms with Crippen molar-refractivity contribution in [3.05, 3.63) is 30.7 Å². The fourth-order valence-electron chi connectivity index (χ4n) is 5.26. The average Bonchev–Trinajstić information content (AvgIpc) is 3.27. The van der Waals surface area contributed by atoms with Crippen molar-refractivity contribution in [2.75, 3.05) is 37.3 Å². The zero-order chi connectivity index (χ0) is 23.0. The molecule has 2 aliphatic heterocycles. The third-order valence-electron chi connectivity index (χ3n) is 6.84. The van der Waals surface area contributed by atoms with Crippen molar-refractivity contribution in [2.45, 2.75) is 38.1 Å². The molecule has 0 bridgehead atoms. The van der Waals surface area contributed by atoms with Gasteiger partial charge in [-0.1, -0.05) is 0 Å². The van der Waals surface area contributed by atoms with Gasteiger partial charge in [-0.3, -0.25) is 9.78 Å². The fourth-order valence-corrected chi connectivity index (χ4v) is 6.05. The van der Waals surface area contributed by atoms with E-state index in [0.717, 1.165) is 60.7 Å². The first kappa shape index (κ1) is 22.1. The Hall–Kier alpha value is -2.72. The number of anilines is 1. The van der Waals surface area contributed by atoms with Gasteiger partial charge in [0.1, 0.15) is 5.65 Å². The van der Waals surface area contributed by atoms with Crippen LogP contribution in [0.1, 0.15) is 32.1 Å². The number of carbonyl (C=O) groups excluding carboxylic acids is 1. The van der Waals surface area contributed by atoms with Crippen LogP contribution in [0.4, 0.5) is 5.69 Å². The van der Waals surface area contributed by atoms with E-state index in [1.165, 1.54) is 11.9 Å².